The van der Waals surface area contributed by atoms with Gasteiger partial charge in [0.05, 0.1) is 6.21 Å². The molecule has 0 aliphatic heterocycles. The fourth-order valence-corrected chi connectivity index (χ4v) is 1.54. The zero-order chi connectivity index (χ0) is 14.5. The summed E-state index contributed by atoms with van der Waals surface area (Å²) in [4.78, 5) is 11.8. The minimum atomic E-state index is -1.09. The zero-order valence-corrected chi connectivity index (χ0v) is 10.7. The van der Waals surface area contributed by atoms with E-state index in [0.717, 1.165) is 5.76 Å². The lowest BCUT2D eigenvalue weighted by Gasteiger charge is -2.11. The number of nitrogens with one attached hydrogen (secondary N) is 2. The smallest absolute Gasteiger partial charge is 0.271 e. The van der Waals surface area contributed by atoms with Crippen LogP contribution in [0.1, 0.15) is 21.9 Å². The van der Waals surface area contributed by atoms with Crippen molar-refractivity contribution in [1.29, 1.82) is 0 Å². The summed E-state index contributed by atoms with van der Waals surface area (Å²) in [5, 5.41) is 22.3. The van der Waals surface area contributed by atoms with Gasteiger partial charge in [-0.25, -0.2) is 10.6 Å². The van der Waals surface area contributed by atoms with Crippen LogP contribution in [0.3, 0.4) is 0 Å². The molecular formula is C13H13N3O4. The Morgan fingerprint density at radius 2 is 2.25 bits per heavy atom. The molecule has 0 aliphatic rings. The molecule has 1 aromatic carbocycles. The van der Waals surface area contributed by atoms with E-state index in [1.807, 2.05) is 0 Å². The molecule has 0 aliphatic carbocycles. The summed E-state index contributed by atoms with van der Waals surface area (Å²) in [5.74, 6) is 0.765. The van der Waals surface area contributed by atoms with Gasteiger partial charge in [-0.1, -0.05) is 6.07 Å². The Kier molecular flexibility index (Phi) is 4.26. The molecule has 20 heavy (non-hydrogen) atoms. The quantitative estimate of drug-likeness (QED) is 0.566. The van der Waals surface area contributed by atoms with E-state index in [1.54, 1.807) is 19.1 Å². The Hall–Kier alpha value is -2.48. The molecule has 1 atom stereocenters. The van der Waals surface area contributed by atoms with Crippen LogP contribution < -0.4 is 10.7 Å². The first-order valence-corrected chi connectivity index (χ1v) is 5.79. The molecule has 2 rings (SSSR count). The molecule has 3 N–H and O–H groups in total. The Morgan fingerprint density at radius 1 is 1.45 bits per heavy atom. The zero-order valence-electron chi connectivity index (χ0n) is 10.7. The van der Waals surface area contributed by atoms with Crippen LogP contribution in [0.5, 0.6) is 0 Å². The Balaban J connectivity index is 2.01. The van der Waals surface area contributed by atoms with Crippen molar-refractivity contribution in [2.45, 2.75) is 6.92 Å². The van der Waals surface area contributed by atoms with Gasteiger partial charge in [-0.2, -0.15) is 10.3 Å². The molecule has 0 radical (unpaired) electrons. The number of hydrogen-bond acceptors (Lipinski definition) is 5. The Labute approximate surface area is 114 Å². The Bertz CT molecular complexity index is 634. The maximum absolute atomic E-state index is 11.8. The lowest BCUT2D eigenvalue weighted by Crippen LogP contribution is -2.99. The van der Waals surface area contributed by atoms with Crippen LogP contribution in [0.2, 0.25) is 0 Å². The highest BCUT2D eigenvalue weighted by Crippen LogP contribution is 2.06. The van der Waals surface area contributed by atoms with E-state index in [4.69, 9.17) is 9.62 Å². The number of rotatable bonds is 4. The Morgan fingerprint density at radius 3 is 2.90 bits per heavy atom. The second-order valence-electron chi connectivity index (χ2n) is 4.03. The molecule has 1 unspecified atom stereocenters. The van der Waals surface area contributed by atoms with Gasteiger partial charge in [-0.15, -0.1) is 0 Å². The van der Waals surface area contributed by atoms with Crippen LogP contribution >= 0.6 is 0 Å². The molecule has 0 saturated heterocycles. The van der Waals surface area contributed by atoms with Gasteiger partial charge >= 0.3 is 0 Å². The van der Waals surface area contributed by atoms with Crippen molar-refractivity contribution in [3.63, 3.8) is 0 Å². The number of aryl methyl sites for hydroxylation is 1. The molecule has 1 heterocycles. The predicted octanol–water partition coefficient (Wildman–Crippen LogP) is 0.755. The summed E-state index contributed by atoms with van der Waals surface area (Å²) in [7, 11) is 0. The van der Waals surface area contributed by atoms with Crippen molar-refractivity contribution in [3.05, 3.63) is 58.7 Å². The molecule has 0 spiro atoms. The number of quaternary nitrogens is 1. The van der Waals surface area contributed by atoms with Gasteiger partial charge in [-0.3, -0.25) is 4.79 Å². The van der Waals surface area contributed by atoms with Crippen molar-refractivity contribution in [1.82, 2.24) is 5.43 Å². The standard InChI is InChI=1S/C13H13N3O4/c1-9-5-6-12(20-9)8-14-15-13(17)10-3-2-4-11(7-10)16(18)19/h2-8,16,18H,1H3,(H,15,17). The van der Waals surface area contributed by atoms with E-state index < -0.39 is 11.1 Å². The summed E-state index contributed by atoms with van der Waals surface area (Å²) < 4.78 is 5.24. The summed E-state index contributed by atoms with van der Waals surface area (Å²) in [5.41, 5.74) is 2.57. The van der Waals surface area contributed by atoms with Crippen LogP contribution in [0.15, 0.2) is 45.9 Å². The fraction of sp³-hybridized carbons (Fsp3) is 0.0769. The van der Waals surface area contributed by atoms with E-state index in [2.05, 4.69) is 10.5 Å². The third-order valence-electron chi connectivity index (χ3n) is 2.49. The average Bonchev–Trinajstić information content (AvgIpc) is 2.84. The number of hydrazone groups is 1. The first-order valence-electron chi connectivity index (χ1n) is 5.79. The SMILES string of the molecule is Cc1ccc(C=NNC(=O)c2cccc([NH+]([O-])O)c2)o1. The van der Waals surface area contributed by atoms with Gasteiger partial charge in [0.1, 0.15) is 11.5 Å². The topological polar surface area (TPSA) is 102 Å². The minimum absolute atomic E-state index is 0.0447. The molecule has 2 aromatic rings. The maximum Gasteiger partial charge on any atom is 0.271 e. The van der Waals surface area contributed by atoms with Crippen molar-refractivity contribution in [2.75, 3.05) is 0 Å². The minimum Gasteiger partial charge on any atom is -0.595 e. The van der Waals surface area contributed by atoms with Gasteiger partial charge in [0, 0.05) is 17.7 Å². The number of hydrogen-bond donors (Lipinski definition) is 3. The van der Waals surface area contributed by atoms with Gasteiger partial charge in [0.25, 0.3) is 5.91 Å². The van der Waals surface area contributed by atoms with Gasteiger partial charge in [0.2, 0.25) is 0 Å². The van der Waals surface area contributed by atoms with Crippen LogP contribution in [-0.2, 0) is 0 Å². The molecule has 1 aromatic heterocycles. The van der Waals surface area contributed by atoms with E-state index >= 15 is 0 Å². The lowest BCUT2D eigenvalue weighted by molar-refractivity contribution is -0.991. The first-order chi connectivity index (χ1) is 9.56. The van der Waals surface area contributed by atoms with Crippen LogP contribution in [0.4, 0.5) is 5.69 Å². The summed E-state index contributed by atoms with van der Waals surface area (Å²) >= 11 is 0. The normalized spacial score (nSPS) is 12.6. The summed E-state index contributed by atoms with van der Waals surface area (Å²) in [6.07, 6.45) is 1.37. The molecule has 1 amide bonds. The largest absolute Gasteiger partial charge is 0.595 e. The number of nitrogens with zero attached hydrogens (tertiary/aromatic N) is 1. The molecule has 104 valence electrons. The van der Waals surface area contributed by atoms with E-state index in [1.165, 1.54) is 30.5 Å². The van der Waals surface area contributed by atoms with Crippen molar-refractivity contribution in [2.24, 2.45) is 5.10 Å². The number of benzene rings is 1. The highest BCUT2D eigenvalue weighted by atomic mass is 16.8. The van der Waals surface area contributed by atoms with Gasteiger partial charge < -0.3 is 9.62 Å². The van der Waals surface area contributed by atoms with Crippen molar-refractivity contribution >= 4 is 17.8 Å². The number of carbonyl (C=O) groups is 1. The number of amides is 1. The van der Waals surface area contributed by atoms with Gasteiger partial charge in [-0.05, 0) is 25.1 Å². The molecule has 7 nitrogen and oxygen atoms in total. The van der Waals surface area contributed by atoms with E-state index in [0.29, 0.717) is 5.76 Å². The van der Waals surface area contributed by atoms with E-state index in [-0.39, 0.29) is 11.3 Å². The first kappa shape index (κ1) is 13.9. The van der Waals surface area contributed by atoms with Crippen molar-refractivity contribution in [3.8, 4) is 0 Å². The fourth-order valence-electron chi connectivity index (χ4n) is 1.54. The maximum atomic E-state index is 11.8. The summed E-state index contributed by atoms with van der Waals surface area (Å²) in [6, 6.07) is 9.19. The average molecular weight is 275 g/mol. The monoisotopic (exact) mass is 275 g/mol. The molecular weight excluding hydrogens is 262 g/mol. The third kappa shape index (κ3) is 3.51. The van der Waals surface area contributed by atoms with Crippen molar-refractivity contribution < 1.29 is 19.6 Å². The van der Waals surface area contributed by atoms with Crippen LogP contribution in [0.25, 0.3) is 0 Å². The highest BCUT2D eigenvalue weighted by Gasteiger charge is 2.08. The number of carbonyl (C=O) groups excluding carboxylic acids is 1. The molecule has 0 saturated carbocycles. The molecule has 0 bridgehead atoms. The van der Waals surface area contributed by atoms with E-state index in [9.17, 15) is 10.0 Å². The summed E-state index contributed by atoms with van der Waals surface area (Å²) in [6.45, 7) is 1.80. The van der Waals surface area contributed by atoms with Crippen LogP contribution in [0, 0.1) is 12.1 Å². The van der Waals surface area contributed by atoms with Crippen LogP contribution in [-0.4, -0.2) is 17.3 Å². The second-order valence-corrected chi connectivity index (χ2v) is 4.03. The second kappa shape index (κ2) is 6.11. The highest BCUT2D eigenvalue weighted by molar-refractivity contribution is 5.95. The lowest BCUT2D eigenvalue weighted by atomic mass is 10.2. The number of furan rings is 1. The molecule has 7 heteroatoms. The predicted molar refractivity (Wildman–Crippen MR) is 70.7 cm³/mol. The molecule has 0 fully saturated rings. The van der Waals surface area contributed by atoms with Gasteiger partial charge in [0.15, 0.2) is 5.69 Å². The third-order valence-corrected chi connectivity index (χ3v) is 2.49.